The van der Waals surface area contributed by atoms with E-state index in [0.29, 0.717) is 24.6 Å². The number of carbonyl (C=O) groups excluding carboxylic acids is 2. The molecule has 2 heterocycles. The Kier molecular flexibility index (Phi) is 6.65. The van der Waals surface area contributed by atoms with E-state index < -0.39 is 0 Å². The molecule has 0 unspecified atom stereocenters. The highest BCUT2D eigenvalue weighted by atomic mass is 16.5. The average Bonchev–Trinajstić information content (AvgIpc) is 2.78. The summed E-state index contributed by atoms with van der Waals surface area (Å²) in [4.78, 5) is 35.0. The van der Waals surface area contributed by atoms with E-state index in [9.17, 15) is 9.59 Å². The third-order valence-electron chi connectivity index (χ3n) is 5.23. The van der Waals surface area contributed by atoms with E-state index in [1.807, 2.05) is 73.3 Å². The minimum atomic E-state index is -0.116. The van der Waals surface area contributed by atoms with Crippen LogP contribution >= 0.6 is 0 Å². The summed E-state index contributed by atoms with van der Waals surface area (Å²) < 4.78 is 5.73. The number of nitrogens with one attached hydrogen (secondary N) is 2. The van der Waals surface area contributed by atoms with E-state index in [4.69, 9.17) is 4.74 Å². The number of hydrogen-bond donors (Lipinski definition) is 2. The second-order valence-corrected chi connectivity index (χ2v) is 8.20. The van der Waals surface area contributed by atoms with Crippen LogP contribution in [0.2, 0.25) is 0 Å². The van der Waals surface area contributed by atoms with Crippen molar-refractivity contribution in [3.05, 3.63) is 66.4 Å². The van der Waals surface area contributed by atoms with Crippen LogP contribution in [0.4, 0.5) is 17.3 Å². The number of benzene rings is 2. The molecule has 1 aliphatic heterocycles. The molecule has 2 aromatic carbocycles. The molecule has 33 heavy (non-hydrogen) atoms. The molecule has 1 aromatic heterocycles. The number of aromatic nitrogens is 2. The molecule has 2 atom stereocenters. The van der Waals surface area contributed by atoms with Gasteiger partial charge in [-0.15, -0.1) is 0 Å². The molecule has 170 valence electrons. The van der Waals surface area contributed by atoms with Gasteiger partial charge in [0, 0.05) is 48.7 Å². The zero-order valence-electron chi connectivity index (χ0n) is 18.9. The summed E-state index contributed by atoms with van der Waals surface area (Å²) in [6, 6.07) is 16.6. The summed E-state index contributed by atoms with van der Waals surface area (Å²) in [5.41, 5.74) is 3.70. The number of ether oxygens (including phenoxy) is 1. The Balaban J connectivity index is 1.48. The Morgan fingerprint density at radius 2 is 1.73 bits per heavy atom. The number of hydrogen-bond acceptors (Lipinski definition) is 6. The fraction of sp³-hybridized carbons (Fsp3) is 0.280. The fourth-order valence-corrected chi connectivity index (χ4v) is 3.89. The highest BCUT2D eigenvalue weighted by molar-refractivity contribution is 5.95. The Morgan fingerprint density at radius 1 is 1.00 bits per heavy atom. The summed E-state index contributed by atoms with van der Waals surface area (Å²) in [6.07, 6.45) is 1.71. The maximum Gasteiger partial charge on any atom is 0.254 e. The predicted octanol–water partition coefficient (Wildman–Crippen LogP) is 4.10. The lowest BCUT2D eigenvalue weighted by atomic mass is 10.1. The van der Waals surface area contributed by atoms with Crippen LogP contribution in [0.25, 0.3) is 11.3 Å². The predicted molar refractivity (Wildman–Crippen MR) is 127 cm³/mol. The number of anilines is 3. The van der Waals surface area contributed by atoms with Crippen LogP contribution in [-0.4, -0.2) is 52.0 Å². The van der Waals surface area contributed by atoms with Gasteiger partial charge in [-0.05, 0) is 50.2 Å². The van der Waals surface area contributed by atoms with Gasteiger partial charge in [-0.25, -0.2) is 9.97 Å². The first-order valence-corrected chi connectivity index (χ1v) is 10.9. The SMILES string of the molecule is CC(=O)Nc1ccc(-c2ccnc(Nc3cccc(C(=O)N4C[C@@H](C)O[C@@H](C)C4)c3)n2)cc1. The Morgan fingerprint density at radius 3 is 2.42 bits per heavy atom. The van der Waals surface area contributed by atoms with Gasteiger partial charge in [-0.3, -0.25) is 9.59 Å². The van der Waals surface area contributed by atoms with Crippen LogP contribution in [0.15, 0.2) is 60.8 Å². The number of morpholine rings is 1. The monoisotopic (exact) mass is 445 g/mol. The van der Waals surface area contributed by atoms with Crippen molar-refractivity contribution in [2.75, 3.05) is 23.7 Å². The van der Waals surface area contributed by atoms with Crippen LogP contribution < -0.4 is 10.6 Å². The third-order valence-corrected chi connectivity index (χ3v) is 5.23. The fourth-order valence-electron chi connectivity index (χ4n) is 3.89. The van der Waals surface area contributed by atoms with Crippen LogP contribution in [0.5, 0.6) is 0 Å². The summed E-state index contributed by atoms with van der Waals surface area (Å²) in [7, 11) is 0. The lowest BCUT2D eigenvalue weighted by molar-refractivity contribution is -0.114. The Labute approximate surface area is 193 Å². The third kappa shape index (κ3) is 5.72. The van der Waals surface area contributed by atoms with Gasteiger partial charge in [0.05, 0.1) is 17.9 Å². The molecular weight excluding hydrogens is 418 g/mol. The Hall–Kier alpha value is -3.78. The molecule has 2 N–H and O–H groups in total. The van der Waals surface area contributed by atoms with Crippen molar-refractivity contribution in [3.8, 4) is 11.3 Å². The Bertz CT molecular complexity index is 1140. The van der Waals surface area contributed by atoms with Crippen molar-refractivity contribution < 1.29 is 14.3 Å². The molecule has 8 nitrogen and oxygen atoms in total. The summed E-state index contributed by atoms with van der Waals surface area (Å²) in [6.45, 7) is 6.58. The largest absolute Gasteiger partial charge is 0.372 e. The molecule has 1 aliphatic rings. The standard InChI is InChI=1S/C25H27N5O3/c1-16-14-30(15-17(2)33-16)24(32)20-5-4-6-22(13-20)28-25-26-12-11-23(29-25)19-7-9-21(10-8-19)27-18(3)31/h4-13,16-17H,14-15H2,1-3H3,(H,27,31)(H,26,28,29)/t16-,17+. The molecule has 0 saturated carbocycles. The molecule has 0 aliphatic carbocycles. The molecule has 0 bridgehead atoms. The molecule has 1 fully saturated rings. The lowest BCUT2D eigenvalue weighted by Crippen LogP contribution is -2.48. The van der Waals surface area contributed by atoms with Crippen LogP contribution in [-0.2, 0) is 9.53 Å². The first-order chi connectivity index (χ1) is 15.9. The lowest BCUT2D eigenvalue weighted by Gasteiger charge is -2.35. The van der Waals surface area contributed by atoms with E-state index in [1.165, 1.54) is 6.92 Å². The van der Waals surface area contributed by atoms with Gasteiger partial charge in [0.1, 0.15) is 0 Å². The van der Waals surface area contributed by atoms with Crippen molar-refractivity contribution in [2.24, 2.45) is 0 Å². The normalized spacial score (nSPS) is 18.0. The molecule has 3 aromatic rings. The van der Waals surface area contributed by atoms with Crippen molar-refractivity contribution in [1.29, 1.82) is 0 Å². The van der Waals surface area contributed by atoms with Gasteiger partial charge >= 0.3 is 0 Å². The molecule has 0 radical (unpaired) electrons. The first-order valence-electron chi connectivity index (χ1n) is 10.9. The molecule has 8 heteroatoms. The van der Waals surface area contributed by atoms with Gasteiger partial charge in [0.15, 0.2) is 0 Å². The second kappa shape index (κ2) is 9.79. The highest BCUT2D eigenvalue weighted by Gasteiger charge is 2.26. The first kappa shape index (κ1) is 22.4. The van der Waals surface area contributed by atoms with Gasteiger partial charge < -0.3 is 20.3 Å². The average molecular weight is 446 g/mol. The van der Waals surface area contributed by atoms with Crippen molar-refractivity contribution in [2.45, 2.75) is 33.0 Å². The molecule has 4 rings (SSSR count). The summed E-state index contributed by atoms with van der Waals surface area (Å²) in [5.74, 6) is 0.292. The van der Waals surface area contributed by atoms with Gasteiger partial charge in [-0.2, -0.15) is 0 Å². The van der Waals surface area contributed by atoms with Crippen molar-refractivity contribution in [1.82, 2.24) is 14.9 Å². The van der Waals surface area contributed by atoms with Crippen LogP contribution in [0, 0.1) is 0 Å². The second-order valence-electron chi connectivity index (χ2n) is 8.20. The number of nitrogens with zero attached hydrogens (tertiary/aromatic N) is 3. The molecule has 2 amide bonds. The zero-order chi connectivity index (χ0) is 23.4. The number of amides is 2. The minimum Gasteiger partial charge on any atom is -0.372 e. The van der Waals surface area contributed by atoms with E-state index >= 15 is 0 Å². The van der Waals surface area contributed by atoms with E-state index in [2.05, 4.69) is 20.6 Å². The highest BCUT2D eigenvalue weighted by Crippen LogP contribution is 2.23. The maximum atomic E-state index is 13.0. The van der Waals surface area contributed by atoms with E-state index in [0.717, 1.165) is 22.6 Å². The van der Waals surface area contributed by atoms with Gasteiger partial charge in [-0.1, -0.05) is 18.2 Å². The summed E-state index contributed by atoms with van der Waals surface area (Å²) >= 11 is 0. The maximum absolute atomic E-state index is 13.0. The van der Waals surface area contributed by atoms with Crippen LogP contribution in [0.1, 0.15) is 31.1 Å². The van der Waals surface area contributed by atoms with Crippen molar-refractivity contribution >= 4 is 29.1 Å². The van der Waals surface area contributed by atoms with Crippen molar-refractivity contribution in [3.63, 3.8) is 0 Å². The van der Waals surface area contributed by atoms with Crippen LogP contribution in [0.3, 0.4) is 0 Å². The quantitative estimate of drug-likeness (QED) is 0.614. The smallest absolute Gasteiger partial charge is 0.254 e. The van der Waals surface area contributed by atoms with Gasteiger partial charge in [0.2, 0.25) is 11.9 Å². The number of carbonyl (C=O) groups is 2. The molecule has 0 spiro atoms. The van der Waals surface area contributed by atoms with E-state index in [1.54, 1.807) is 6.20 Å². The summed E-state index contributed by atoms with van der Waals surface area (Å²) in [5, 5.41) is 5.94. The topological polar surface area (TPSA) is 96.5 Å². The molecular formula is C25H27N5O3. The van der Waals surface area contributed by atoms with E-state index in [-0.39, 0.29) is 24.0 Å². The zero-order valence-corrected chi connectivity index (χ0v) is 18.9. The van der Waals surface area contributed by atoms with Gasteiger partial charge in [0.25, 0.3) is 5.91 Å². The number of rotatable bonds is 5. The molecule has 1 saturated heterocycles. The minimum absolute atomic E-state index is 0.0162.